The summed E-state index contributed by atoms with van der Waals surface area (Å²) in [5, 5.41) is 17.1. The smallest absolute Gasteiger partial charge is 0.314 e. The number of nitrogens with zero attached hydrogens (tertiary/aromatic N) is 2. The lowest BCUT2D eigenvalue weighted by molar-refractivity contribution is -0.143. The maximum Gasteiger partial charge on any atom is 0.314 e. The van der Waals surface area contributed by atoms with Crippen molar-refractivity contribution in [2.75, 3.05) is 30.0 Å². The van der Waals surface area contributed by atoms with Gasteiger partial charge in [0.05, 0.1) is 28.9 Å². The Morgan fingerprint density at radius 2 is 1.91 bits per heavy atom. The molecule has 35 heavy (non-hydrogen) atoms. The fourth-order valence-electron chi connectivity index (χ4n) is 5.48. The lowest BCUT2D eigenvalue weighted by Gasteiger charge is -2.39. The third kappa shape index (κ3) is 5.69. The maximum absolute atomic E-state index is 13.1. The Bertz CT molecular complexity index is 1040. The summed E-state index contributed by atoms with van der Waals surface area (Å²) in [6.45, 7) is 8.44. The van der Waals surface area contributed by atoms with Crippen LogP contribution >= 0.6 is 0 Å². The van der Waals surface area contributed by atoms with Crippen LogP contribution < -0.4 is 10.2 Å². The molecule has 0 radical (unpaired) electrons. The lowest BCUT2D eigenvalue weighted by Crippen LogP contribution is -2.42. The molecule has 0 unspecified atom stereocenters. The number of ether oxygens (including phenoxy) is 1. The summed E-state index contributed by atoms with van der Waals surface area (Å²) in [4.78, 5) is 27.8. The van der Waals surface area contributed by atoms with Gasteiger partial charge in [-0.2, -0.15) is 0 Å². The number of anilines is 2. The highest BCUT2D eigenvalue weighted by atomic mass is 16.5. The molecule has 2 fully saturated rings. The first kappa shape index (κ1) is 25.2. The van der Waals surface area contributed by atoms with Crippen LogP contribution in [-0.4, -0.2) is 47.9 Å². The van der Waals surface area contributed by atoms with E-state index < -0.39 is 11.4 Å². The fraction of sp³-hybridized carbons (Fsp3) is 0.593. The van der Waals surface area contributed by atoms with Gasteiger partial charge in [0.1, 0.15) is 5.76 Å². The van der Waals surface area contributed by atoms with E-state index in [4.69, 9.17) is 9.26 Å². The Kier molecular flexibility index (Phi) is 7.79. The molecule has 1 saturated carbocycles. The van der Waals surface area contributed by atoms with Crippen molar-refractivity contribution in [3.63, 3.8) is 0 Å². The van der Waals surface area contributed by atoms with E-state index in [0.29, 0.717) is 49.5 Å². The Morgan fingerprint density at radius 3 is 2.51 bits per heavy atom. The van der Waals surface area contributed by atoms with E-state index in [0.717, 1.165) is 49.2 Å². The molecule has 1 aliphatic carbocycles. The van der Waals surface area contributed by atoms with E-state index in [9.17, 15) is 14.7 Å². The van der Waals surface area contributed by atoms with Crippen molar-refractivity contribution in [2.24, 2.45) is 5.92 Å². The average Bonchev–Trinajstić information content (AvgIpc) is 3.48. The first-order valence-corrected chi connectivity index (χ1v) is 12.7. The normalized spacial score (nSPS) is 18.1. The van der Waals surface area contributed by atoms with Crippen LogP contribution in [-0.2, 0) is 26.2 Å². The Hall–Kier alpha value is -2.87. The standard InChI is InChI=1S/C27H37N3O5/c1-18(2)17-30(21-8-12-34-13-9-21)24-7-6-20(27(26(32)33)10-4-5-11-27)15-23(24)28-25(31)16-22-14-19(3)29-35-22/h6-7,14-15,18,21H,4-5,8-13,16-17H2,1-3H3,(H,28,31)(H,32,33). The molecule has 2 aromatic rings. The third-order valence-corrected chi connectivity index (χ3v) is 7.20. The Morgan fingerprint density at radius 1 is 1.20 bits per heavy atom. The number of aryl methyl sites for hydroxylation is 1. The van der Waals surface area contributed by atoms with Crippen molar-refractivity contribution in [3.8, 4) is 0 Å². The zero-order chi connectivity index (χ0) is 25.0. The van der Waals surface area contributed by atoms with E-state index in [-0.39, 0.29) is 12.3 Å². The molecule has 0 atom stereocenters. The second-order valence-electron chi connectivity index (χ2n) is 10.4. The minimum Gasteiger partial charge on any atom is -0.481 e. The molecule has 8 nitrogen and oxygen atoms in total. The quantitative estimate of drug-likeness (QED) is 0.532. The number of aliphatic carboxylic acids is 1. The molecule has 2 N–H and O–H groups in total. The SMILES string of the molecule is Cc1cc(CC(=O)Nc2cc(C3(C(=O)O)CCCC3)ccc2N(CC(C)C)C2CCOCC2)on1. The van der Waals surface area contributed by atoms with Crippen molar-refractivity contribution in [3.05, 3.63) is 41.3 Å². The van der Waals surface area contributed by atoms with Crippen molar-refractivity contribution < 1.29 is 24.0 Å². The van der Waals surface area contributed by atoms with Gasteiger partial charge in [0.2, 0.25) is 5.91 Å². The first-order valence-electron chi connectivity index (χ1n) is 12.7. The van der Waals surface area contributed by atoms with Crippen LogP contribution in [0.2, 0.25) is 0 Å². The number of rotatable bonds is 9. The minimum absolute atomic E-state index is 0.0655. The Balaban J connectivity index is 1.72. The van der Waals surface area contributed by atoms with Crippen molar-refractivity contribution in [1.82, 2.24) is 5.16 Å². The van der Waals surface area contributed by atoms with Crippen LogP contribution in [0, 0.1) is 12.8 Å². The van der Waals surface area contributed by atoms with Gasteiger partial charge in [-0.3, -0.25) is 9.59 Å². The summed E-state index contributed by atoms with van der Waals surface area (Å²) < 4.78 is 10.8. The summed E-state index contributed by atoms with van der Waals surface area (Å²) in [6, 6.07) is 7.90. The lowest BCUT2D eigenvalue weighted by atomic mass is 9.78. The molecular formula is C27H37N3O5. The number of carbonyl (C=O) groups excluding carboxylic acids is 1. The van der Waals surface area contributed by atoms with E-state index in [1.54, 1.807) is 6.07 Å². The van der Waals surface area contributed by atoms with E-state index in [1.165, 1.54) is 0 Å². The predicted molar refractivity (Wildman–Crippen MR) is 134 cm³/mol. The monoisotopic (exact) mass is 483 g/mol. The zero-order valence-electron chi connectivity index (χ0n) is 21.0. The van der Waals surface area contributed by atoms with Crippen LogP contribution in [0.4, 0.5) is 11.4 Å². The highest BCUT2D eigenvalue weighted by Crippen LogP contribution is 2.44. The fourth-order valence-corrected chi connectivity index (χ4v) is 5.48. The van der Waals surface area contributed by atoms with Crippen LogP contribution in [0.3, 0.4) is 0 Å². The van der Waals surface area contributed by atoms with E-state index in [1.807, 2.05) is 25.1 Å². The molecule has 1 aromatic heterocycles. The number of aromatic nitrogens is 1. The Labute approximate surface area is 207 Å². The van der Waals surface area contributed by atoms with Crippen LogP contribution in [0.15, 0.2) is 28.8 Å². The molecule has 2 heterocycles. The molecule has 190 valence electrons. The van der Waals surface area contributed by atoms with Gasteiger partial charge < -0.3 is 24.6 Å². The van der Waals surface area contributed by atoms with Gasteiger partial charge in [0.25, 0.3) is 0 Å². The average molecular weight is 484 g/mol. The van der Waals surface area contributed by atoms with Crippen molar-refractivity contribution in [2.45, 2.75) is 77.2 Å². The zero-order valence-corrected chi connectivity index (χ0v) is 21.0. The summed E-state index contributed by atoms with van der Waals surface area (Å²) in [7, 11) is 0. The molecule has 0 spiro atoms. The van der Waals surface area contributed by atoms with Crippen LogP contribution in [0.1, 0.15) is 69.4 Å². The molecule has 1 amide bonds. The molecule has 0 bridgehead atoms. The number of benzene rings is 1. The highest BCUT2D eigenvalue weighted by molar-refractivity contribution is 5.96. The van der Waals surface area contributed by atoms with Gasteiger partial charge in [-0.1, -0.05) is 37.9 Å². The van der Waals surface area contributed by atoms with Crippen molar-refractivity contribution >= 4 is 23.3 Å². The predicted octanol–water partition coefficient (Wildman–Crippen LogP) is 4.70. The van der Waals surface area contributed by atoms with Crippen LogP contribution in [0.5, 0.6) is 0 Å². The molecule has 8 heteroatoms. The maximum atomic E-state index is 13.1. The first-order chi connectivity index (χ1) is 16.8. The summed E-state index contributed by atoms with van der Waals surface area (Å²) in [5.74, 6) is -0.0927. The molecule has 1 aliphatic heterocycles. The molecule has 2 aliphatic rings. The van der Waals surface area contributed by atoms with Gasteiger partial charge in [0.15, 0.2) is 0 Å². The second kappa shape index (κ2) is 10.8. The number of amides is 1. The summed E-state index contributed by atoms with van der Waals surface area (Å²) >= 11 is 0. The second-order valence-corrected chi connectivity index (χ2v) is 10.4. The van der Waals surface area contributed by atoms with Gasteiger partial charge in [-0.25, -0.2) is 0 Å². The highest BCUT2D eigenvalue weighted by Gasteiger charge is 2.43. The van der Waals surface area contributed by atoms with E-state index in [2.05, 4.69) is 29.2 Å². The largest absolute Gasteiger partial charge is 0.481 e. The minimum atomic E-state index is -0.901. The van der Waals surface area contributed by atoms with Gasteiger partial charge in [-0.05, 0) is 56.2 Å². The number of hydrogen-bond acceptors (Lipinski definition) is 6. The number of nitrogens with one attached hydrogen (secondary N) is 1. The van der Waals surface area contributed by atoms with Gasteiger partial charge >= 0.3 is 5.97 Å². The van der Waals surface area contributed by atoms with E-state index >= 15 is 0 Å². The third-order valence-electron chi connectivity index (χ3n) is 7.20. The summed E-state index contributed by atoms with van der Waals surface area (Å²) in [6.07, 6.45) is 4.90. The molecule has 1 saturated heterocycles. The van der Waals surface area contributed by atoms with Gasteiger partial charge in [-0.15, -0.1) is 0 Å². The topological polar surface area (TPSA) is 105 Å². The van der Waals surface area contributed by atoms with Crippen molar-refractivity contribution in [1.29, 1.82) is 0 Å². The molecular weight excluding hydrogens is 446 g/mol. The number of carbonyl (C=O) groups is 2. The van der Waals surface area contributed by atoms with Crippen LogP contribution in [0.25, 0.3) is 0 Å². The number of carboxylic acids is 1. The number of hydrogen-bond donors (Lipinski definition) is 2. The summed E-state index contributed by atoms with van der Waals surface area (Å²) in [5.41, 5.74) is 2.16. The van der Waals surface area contributed by atoms with Gasteiger partial charge in [0, 0.05) is 31.9 Å². The number of carboxylic acid groups (broad SMARTS) is 1. The molecule has 4 rings (SSSR count). The molecule has 1 aromatic carbocycles.